The zero-order chi connectivity index (χ0) is 16.5. The van der Waals surface area contributed by atoms with E-state index >= 15 is 0 Å². The van der Waals surface area contributed by atoms with Gasteiger partial charge in [0, 0.05) is 5.56 Å². The van der Waals surface area contributed by atoms with E-state index in [1.165, 1.54) is 16.7 Å². The Hall–Kier alpha value is -2.94. The summed E-state index contributed by atoms with van der Waals surface area (Å²) in [5.41, 5.74) is 6.52. The predicted octanol–water partition coefficient (Wildman–Crippen LogP) is 5.21. The summed E-state index contributed by atoms with van der Waals surface area (Å²) in [5, 5.41) is 9.48. The zero-order valence-electron chi connectivity index (χ0n) is 13.8. The van der Waals surface area contributed by atoms with E-state index in [9.17, 15) is 0 Å². The number of rotatable bonds is 3. The molecule has 0 fully saturated rings. The largest absolute Gasteiger partial charge is 0.150 e. The van der Waals surface area contributed by atoms with Crippen molar-refractivity contribution >= 4 is 11.0 Å². The van der Waals surface area contributed by atoms with Gasteiger partial charge in [0.2, 0.25) is 0 Å². The number of hydrogen-bond acceptors (Lipinski definition) is 2. The van der Waals surface area contributed by atoms with Gasteiger partial charge >= 0.3 is 0 Å². The summed E-state index contributed by atoms with van der Waals surface area (Å²) in [6, 6.07) is 24.8. The molecule has 1 aromatic heterocycles. The molecule has 0 unspecified atom stereocenters. The minimum Gasteiger partial charge on any atom is -0.150 e. The molecule has 4 rings (SSSR count). The van der Waals surface area contributed by atoms with E-state index in [0.717, 1.165) is 16.7 Å². The smallest absolute Gasteiger partial charge is 0.121 e. The Morgan fingerprint density at radius 3 is 2.08 bits per heavy atom. The van der Waals surface area contributed by atoms with Gasteiger partial charge in [0.1, 0.15) is 11.0 Å². The molecule has 0 bridgehead atoms. The average molecular weight is 313 g/mol. The van der Waals surface area contributed by atoms with Gasteiger partial charge in [0.15, 0.2) is 0 Å². The van der Waals surface area contributed by atoms with E-state index in [1.807, 2.05) is 36.4 Å². The Morgan fingerprint density at radius 1 is 0.750 bits per heavy atom. The van der Waals surface area contributed by atoms with Crippen LogP contribution < -0.4 is 0 Å². The highest BCUT2D eigenvalue weighted by Gasteiger charge is 2.16. The van der Waals surface area contributed by atoms with Crippen LogP contribution >= 0.6 is 0 Å². The first-order chi connectivity index (χ1) is 11.7. The van der Waals surface area contributed by atoms with Crippen LogP contribution in [-0.2, 0) is 0 Å². The average Bonchev–Trinajstić information content (AvgIpc) is 3.06. The molecule has 3 nitrogen and oxygen atoms in total. The Kier molecular flexibility index (Phi) is 3.62. The van der Waals surface area contributed by atoms with Crippen LogP contribution in [0.3, 0.4) is 0 Å². The topological polar surface area (TPSA) is 30.7 Å². The Bertz CT molecular complexity index is 970. The summed E-state index contributed by atoms with van der Waals surface area (Å²) in [4.78, 5) is 1.72. The SMILES string of the molecule is CC(C)c1ccc2nn(-c3ccccc3)nc2c1-c1ccccc1. The lowest BCUT2D eigenvalue weighted by Crippen LogP contribution is -1.97. The molecular weight excluding hydrogens is 294 g/mol. The van der Waals surface area contributed by atoms with Gasteiger partial charge in [-0.05, 0) is 35.2 Å². The van der Waals surface area contributed by atoms with Gasteiger partial charge in [-0.25, -0.2) is 0 Å². The molecule has 118 valence electrons. The van der Waals surface area contributed by atoms with Crippen molar-refractivity contribution in [2.24, 2.45) is 0 Å². The van der Waals surface area contributed by atoms with Crippen molar-refractivity contribution in [1.29, 1.82) is 0 Å². The normalized spacial score (nSPS) is 11.3. The summed E-state index contributed by atoms with van der Waals surface area (Å²) < 4.78 is 0. The number of benzene rings is 3. The minimum absolute atomic E-state index is 0.423. The van der Waals surface area contributed by atoms with Crippen molar-refractivity contribution in [3.63, 3.8) is 0 Å². The van der Waals surface area contributed by atoms with Gasteiger partial charge in [-0.3, -0.25) is 0 Å². The van der Waals surface area contributed by atoms with Crippen molar-refractivity contribution in [3.05, 3.63) is 78.4 Å². The van der Waals surface area contributed by atoms with Crippen molar-refractivity contribution in [2.45, 2.75) is 19.8 Å². The van der Waals surface area contributed by atoms with Gasteiger partial charge in [-0.1, -0.05) is 68.4 Å². The first-order valence-electron chi connectivity index (χ1n) is 8.25. The lowest BCUT2D eigenvalue weighted by atomic mass is 9.91. The highest BCUT2D eigenvalue weighted by molar-refractivity contribution is 5.93. The standard InChI is InChI=1S/C21H19N3/c1-15(2)18-13-14-19-21(20(18)16-9-5-3-6-10-16)23-24(22-19)17-11-7-4-8-12-17/h3-15H,1-2H3. The summed E-state index contributed by atoms with van der Waals surface area (Å²) in [5.74, 6) is 0.423. The van der Waals surface area contributed by atoms with Crippen LogP contribution in [0.1, 0.15) is 25.3 Å². The molecule has 0 amide bonds. The Morgan fingerprint density at radius 2 is 1.42 bits per heavy atom. The number of aromatic nitrogens is 3. The number of fused-ring (bicyclic) bond motifs is 1. The van der Waals surface area contributed by atoms with E-state index in [1.54, 1.807) is 4.80 Å². The summed E-state index contributed by atoms with van der Waals surface area (Å²) in [6.07, 6.45) is 0. The lowest BCUT2D eigenvalue weighted by Gasteiger charge is -2.13. The van der Waals surface area contributed by atoms with E-state index < -0.39 is 0 Å². The molecule has 24 heavy (non-hydrogen) atoms. The maximum Gasteiger partial charge on any atom is 0.121 e. The van der Waals surface area contributed by atoms with Crippen molar-refractivity contribution in [1.82, 2.24) is 15.0 Å². The molecule has 4 aromatic rings. The molecule has 0 aliphatic carbocycles. The van der Waals surface area contributed by atoms with Crippen LogP contribution in [-0.4, -0.2) is 15.0 Å². The second-order valence-electron chi connectivity index (χ2n) is 6.24. The summed E-state index contributed by atoms with van der Waals surface area (Å²) in [6.45, 7) is 4.43. The second-order valence-corrected chi connectivity index (χ2v) is 6.24. The first kappa shape index (κ1) is 14.6. The van der Waals surface area contributed by atoms with Crippen LogP contribution in [0.5, 0.6) is 0 Å². The fourth-order valence-corrected chi connectivity index (χ4v) is 3.06. The molecule has 3 heteroatoms. The predicted molar refractivity (Wildman–Crippen MR) is 98.4 cm³/mol. The van der Waals surface area contributed by atoms with Crippen LogP contribution in [0.15, 0.2) is 72.8 Å². The molecular formula is C21H19N3. The van der Waals surface area contributed by atoms with Gasteiger partial charge in [-0.15, -0.1) is 10.2 Å². The van der Waals surface area contributed by atoms with Crippen LogP contribution in [0, 0.1) is 0 Å². The van der Waals surface area contributed by atoms with Gasteiger partial charge in [0.25, 0.3) is 0 Å². The molecule has 0 aliphatic rings. The highest BCUT2D eigenvalue weighted by atomic mass is 15.5. The molecule has 0 radical (unpaired) electrons. The molecule has 0 spiro atoms. The van der Waals surface area contributed by atoms with Crippen LogP contribution in [0.2, 0.25) is 0 Å². The monoisotopic (exact) mass is 313 g/mol. The first-order valence-corrected chi connectivity index (χ1v) is 8.25. The lowest BCUT2D eigenvalue weighted by molar-refractivity contribution is 0.766. The van der Waals surface area contributed by atoms with E-state index in [0.29, 0.717) is 5.92 Å². The molecule has 0 N–H and O–H groups in total. The number of para-hydroxylation sites is 1. The third-order valence-corrected chi connectivity index (χ3v) is 4.26. The third-order valence-electron chi connectivity index (χ3n) is 4.26. The maximum atomic E-state index is 4.81. The molecule has 0 atom stereocenters. The molecule has 0 saturated carbocycles. The minimum atomic E-state index is 0.423. The molecule has 3 aromatic carbocycles. The van der Waals surface area contributed by atoms with Crippen molar-refractivity contribution in [3.8, 4) is 16.8 Å². The number of nitrogens with zero attached hydrogens (tertiary/aromatic N) is 3. The van der Waals surface area contributed by atoms with Crippen molar-refractivity contribution in [2.75, 3.05) is 0 Å². The van der Waals surface area contributed by atoms with E-state index in [-0.39, 0.29) is 0 Å². The summed E-state index contributed by atoms with van der Waals surface area (Å²) >= 11 is 0. The van der Waals surface area contributed by atoms with Crippen molar-refractivity contribution < 1.29 is 0 Å². The van der Waals surface area contributed by atoms with E-state index in [4.69, 9.17) is 5.10 Å². The van der Waals surface area contributed by atoms with Gasteiger partial charge in [0.05, 0.1) is 5.69 Å². The highest BCUT2D eigenvalue weighted by Crippen LogP contribution is 2.34. The Balaban J connectivity index is 2.00. The molecule has 1 heterocycles. The fourth-order valence-electron chi connectivity index (χ4n) is 3.06. The van der Waals surface area contributed by atoms with Gasteiger partial charge < -0.3 is 0 Å². The second kappa shape index (κ2) is 5.93. The summed E-state index contributed by atoms with van der Waals surface area (Å²) in [7, 11) is 0. The zero-order valence-corrected chi connectivity index (χ0v) is 13.8. The maximum absolute atomic E-state index is 4.81. The fraction of sp³-hybridized carbons (Fsp3) is 0.143. The Labute approximate surface area is 141 Å². The molecule has 0 aliphatic heterocycles. The number of hydrogen-bond donors (Lipinski definition) is 0. The molecule has 0 saturated heterocycles. The quantitative estimate of drug-likeness (QED) is 0.520. The van der Waals surface area contributed by atoms with Gasteiger partial charge in [-0.2, -0.15) is 4.80 Å². The van der Waals surface area contributed by atoms with E-state index in [2.05, 4.69) is 55.3 Å². The third kappa shape index (κ3) is 2.48. The van der Waals surface area contributed by atoms with Crippen LogP contribution in [0.25, 0.3) is 27.8 Å². The van der Waals surface area contributed by atoms with Crippen LogP contribution in [0.4, 0.5) is 0 Å².